The highest BCUT2D eigenvalue weighted by molar-refractivity contribution is 6.05. The molecule has 1 heterocycles. The molecule has 0 saturated heterocycles. The minimum Gasteiger partial charge on any atom is -0.434 e. The van der Waals surface area contributed by atoms with E-state index < -0.39 is 23.9 Å². The summed E-state index contributed by atoms with van der Waals surface area (Å²) in [5.41, 5.74) is 0.0763. The van der Waals surface area contributed by atoms with Crippen LogP contribution in [0.4, 0.5) is 23.7 Å². The lowest BCUT2D eigenvalue weighted by atomic mass is 10.2. The molecule has 0 bridgehead atoms. The van der Waals surface area contributed by atoms with E-state index in [-0.39, 0.29) is 17.9 Å². The number of carbonyl (C=O) groups excluding carboxylic acids is 2. The van der Waals surface area contributed by atoms with Crippen LogP contribution in [0, 0.1) is 0 Å². The van der Waals surface area contributed by atoms with E-state index in [1.165, 1.54) is 42.5 Å². The topological polar surface area (TPSA) is 80.4 Å². The van der Waals surface area contributed by atoms with Gasteiger partial charge in [-0.25, -0.2) is 4.79 Å². The number of nitrogens with one attached hydrogen (secondary N) is 2. The van der Waals surface area contributed by atoms with Gasteiger partial charge in [-0.2, -0.15) is 13.2 Å². The van der Waals surface area contributed by atoms with Crippen LogP contribution in [0.15, 0.2) is 48.5 Å². The zero-order valence-corrected chi connectivity index (χ0v) is 14.6. The van der Waals surface area contributed by atoms with Crippen molar-refractivity contribution in [3.8, 4) is 5.75 Å². The van der Waals surface area contributed by atoms with Crippen LogP contribution in [-0.2, 0) is 10.9 Å². The van der Waals surface area contributed by atoms with Crippen LogP contribution in [0.2, 0.25) is 0 Å². The summed E-state index contributed by atoms with van der Waals surface area (Å²) in [5, 5.41) is 2.93. The Morgan fingerprint density at radius 3 is 2.43 bits per heavy atom. The van der Waals surface area contributed by atoms with Gasteiger partial charge in [0.1, 0.15) is 11.4 Å². The zero-order valence-electron chi connectivity index (χ0n) is 14.6. The molecule has 0 spiro atoms. The van der Waals surface area contributed by atoms with Gasteiger partial charge in [0.2, 0.25) is 0 Å². The molecule has 2 aromatic carbocycles. The first-order chi connectivity index (χ1) is 13.3. The van der Waals surface area contributed by atoms with Crippen molar-refractivity contribution in [2.24, 2.45) is 0 Å². The van der Waals surface area contributed by atoms with Crippen molar-refractivity contribution < 1.29 is 32.2 Å². The summed E-state index contributed by atoms with van der Waals surface area (Å²) in [4.78, 5) is 25.9. The Bertz CT molecular complexity index is 1010. The molecular formula is C19H15F3N2O4. The average Bonchev–Trinajstić information content (AvgIpc) is 3.06. The van der Waals surface area contributed by atoms with Gasteiger partial charge < -0.3 is 19.8 Å². The number of alkyl halides is 3. The largest absolute Gasteiger partial charge is 0.513 e. The number of hydrogen-bond donors (Lipinski definition) is 2. The number of ether oxygens (including phenoxy) is 2. The maximum atomic E-state index is 12.8. The molecule has 0 atom stereocenters. The molecule has 6 nitrogen and oxygen atoms in total. The third-order valence-corrected chi connectivity index (χ3v) is 3.76. The van der Waals surface area contributed by atoms with Crippen LogP contribution in [0.1, 0.15) is 23.0 Å². The van der Waals surface area contributed by atoms with Crippen LogP contribution in [0.25, 0.3) is 10.9 Å². The number of aromatic amines is 1. The molecule has 1 aromatic heterocycles. The number of aromatic nitrogens is 1. The number of amides is 1. The molecule has 3 rings (SSSR count). The second-order valence-electron chi connectivity index (χ2n) is 5.75. The third-order valence-electron chi connectivity index (χ3n) is 3.76. The predicted octanol–water partition coefficient (Wildman–Crippen LogP) is 4.97. The second-order valence-corrected chi connectivity index (χ2v) is 5.75. The number of carbonyl (C=O) groups is 2. The highest BCUT2D eigenvalue weighted by Crippen LogP contribution is 2.32. The van der Waals surface area contributed by atoms with Gasteiger partial charge in [-0.1, -0.05) is 0 Å². The quantitative estimate of drug-likeness (QED) is 0.485. The molecule has 28 heavy (non-hydrogen) atoms. The first-order valence-electron chi connectivity index (χ1n) is 8.22. The zero-order chi connectivity index (χ0) is 20.3. The van der Waals surface area contributed by atoms with Crippen molar-refractivity contribution >= 4 is 28.7 Å². The van der Waals surface area contributed by atoms with E-state index in [4.69, 9.17) is 4.74 Å². The SMILES string of the molecule is CCOC(=O)Oc1ccc(C(=O)Nc2ccc3[nH]c(C(F)(F)F)cc3c2)cc1. The number of rotatable bonds is 4. The summed E-state index contributed by atoms with van der Waals surface area (Å²) in [7, 11) is 0. The predicted molar refractivity (Wildman–Crippen MR) is 95.3 cm³/mol. The van der Waals surface area contributed by atoms with E-state index in [1.807, 2.05) is 0 Å². The van der Waals surface area contributed by atoms with Crippen LogP contribution >= 0.6 is 0 Å². The molecule has 0 aliphatic heterocycles. The van der Waals surface area contributed by atoms with Crippen molar-refractivity contribution in [3.63, 3.8) is 0 Å². The van der Waals surface area contributed by atoms with E-state index in [1.54, 1.807) is 6.92 Å². The van der Waals surface area contributed by atoms with Crippen molar-refractivity contribution in [1.82, 2.24) is 4.98 Å². The number of fused-ring (bicyclic) bond motifs is 1. The fourth-order valence-corrected chi connectivity index (χ4v) is 2.48. The van der Waals surface area contributed by atoms with Gasteiger partial charge >= 0.3 is 12.3 Å². The Labute approximate surface area is 157 Å². The molecule has 0 aliphatic rings. The smallest absolute Gasteiger partial charge is 0.434 e. The first-order valence-corrected chi connectivity index (χ1v) is 8.22. The maximum absolute atomic E-state index is 12.8. The van der Waals surface area contributed by atoms with Crippen LogP contribution < -0.4 is 10.1 Å². The van der Waals surface area contributed by atoms with E-state index in [2.05, 4.69) is 15.0 Å². The highest BCUT2D eigenvalue weighted by atomic mass is 19.4. The average molecular weight is 392 g/mol. The molecule has 0 fully saturated rings. The van der Waals surface area contributed by atoms with Crippen LogP contribution in [0.5, 0.6) is 5.75 Å². The Kier molecular flexibility index (Phi) is 5.25. The first kappa shape index (κ1) is 19.3. The molecule has 0 aliphatic carbocycles. The summed E-state index contributed by atoms with van der Waals surface area (Å²) in [6, 6.07) is 11.1. The van der Waals surface area contributed by atoms with Crippen LogP contribution in [0.3, 0.4) is 0 Å². The van der Waals surface area contributed by atoms with E-state index in [0.29, 0.717) is 16.6 Å². The van der Waals surface area contributed by atoms with Crippen molar-refractivity contribution in [2.45, 2.75) is 13.1 Å². The molecule has 0 saturated carbocycles. The molecule has 0 unspecified atom stereocenters. The fourth-order valence-electron chi connectivity index (χ4n) is 2.48. The number of benzene rings is 2. The monoisotopic (exact) mass is 392 g/mol. The van der Waals surface area contributed by atoms with Gasteiger partial charge in [-0.3, -0.25) is 4.79 Å². The number of H-pyrrole nitrogens is 1. The van der Waals surface area contributed by atoms with Crippen molar-refractivity contribution in [3.05, 3.63) is 59.8 Å². The molecule has 2 N–H and O–H groups in total. The number of halogens is 3. The van der Waals surface area contributed by atoms with E-state index in [0.717, 1.165) is 6.07 Å². The Balaban J connectivity index is 1.71. The van der Waals surface area contributed by atoms with Gasteiger partial charge in [0.15, 0.2) is 0 Å². The summed E-state index contributed by atoms with van der Waals surface area (Å²) >= 11 is 0. The lowest BCUT2D eigenvalue weighted by molar-refractivity contribution is -0.140. The van der Waals surface area contributed by atoms with Gasteiger partial charge in [0.25, 0.3) is 5.91 Å². The summed E-state index contributed by atoms with van der Waals surface area (Å²) < 4.78 is 47.9. The fraction of sp³-hybridized carbons (Fsp3) is 0.158. The maximum Gasteiger partial charge on any atom is 0.513 e. The molecule has 146 valence electrons. The Morgan fingerprint density at radius 1 is 1.07 bits per heavy atom. The van der Waals surface area contributed by atoms with Gasteiger partial charge in [-0.15, -0.1) is 0 Å². The van der Waals surface area contributed by atoms with Crippen molar-refractivity contribution in [1.29, 1.82) is 0 Å². The Hall–Kier alpha value is -3.49. The standard InChI is InChI=1S/C19H15F3N2O4/c1-2-27-18(26)28-14-6-3-11(4-7-14)17(25)23-13-5-8-15-12(9-13)10-16(24-15)19(20,21)22/h3-10,24H,2H2,1H3,(H,23,25). The number of hydrogen-bond acceptors (Lipinski definition) is 4. The van der Waals surface area contributed by atoms with Gasteiger partial charge in [0.05, 0.1) is 6.61 Å². The molecule has 3 aromatic rings. The molecule has 9 heteroatoms. The van der Waals surface area contributed by atoms with Crippen LogP contribution in [-0.4, -0.2) is 23.7 Å². The normalized spacial score (nSPS) is 11.3. The summed E-state index contributed by atoms with van der Waals surface area (Å²) in [5.74, 6) is -0.253. The van der Waals surface area contributed by atoms with Gasteiger partial charge in [-0.05, 0) is 55.5 Å². The lowest BCUT2D eigenvalue weighted by Gasteiger charge is -2.07. The van der Waals surface area contributed by atoms with Crippen molar-refractivity contribution in [2.75, 3.05) is 11.9 Å². The Morgan fingerprint density at radius 2 is 1.79 bits per heavy atom. The van der Waals surface area contributed by atoms with E-state index >= 15 is 0 Å². The molecular weight excluding hydrogens is 377 g/mol. The minimum atomic E-state index is -4.48. The highest BCUT2D eigenvalue weighted by Gasteiger charge is 2.32. The third kappa shape index (κ3) is 4.43. The summed E-state index contributed by atoms with van der Waals surface area (Å²) in [6.07, 6.45) is -5.33. The molecule has 1 amide bonds. The van der Waals surface area contributed by atoms with Gasteiger partial charge in [0, 0.05) is 22.2 Å². The second kappa shape index (κ2) is 7.63. The van der Waals surface area contributed by atoms with E-state index in [9.17, 15) is 22.8 Å². The summed E-state index contributed by atoms with van der Waals surface area (Å²) in [6.45, 7) is 1.82. The molecule has 0 radical (unpaired) electrons. The lowest BCUT2D eigenvalue weighted by Crippen LogP contribution is -2.12. The number of anilines is 1. The minimum absolute atomic E-state index is 0.176.